The van der Waals surface area contributed by atoms with Gasteiger partial charge in [0.25, 0.3) is 0 Å². The average molecular weight is 374 g/mol. The van der Waals surface area contributed by atoms with Gasteiger partial charge in [-0.05, 0) is 47.7 Å². The lowest BCUT2D eigenvalue weighted by atomic mass is 9.85. The lowest BCUT2D eigenvalue weighted by molar-refractivity contribution is 0.257. The number of rotatable bonds is 2. The van der Waals surface area contributed by atoms with Gasteiger partial charge in [-0.2, -0.15) is 0 Å². The molecule has 2 nitrogen and oxygen atoms in total. The first-order valence-electron chi connectivity index (χ1n) is 7.50. The van der Waals surface area contributed by atoms with Crippen molar-refractivity contribution in [2.75, 3.05) is 0 Å². The van der Waals surface area contributed by atoms with Crippen molar-refractivity contribution in [3.63, 3.8) is 0 Å². The molecule has 1 fully saturated rings. The van der Waals surface area contributed by atoms with Gasteiger partial charge in [0.1, 0.15) is 11.6 Å². The van der Waals surface area contributed by atoms with E-state index in [2.05, 4.69) is 32.4 Å². The van der Waals surface area contributed by atoms with Crippen molar-refractivity contribution in [2.24, 2.45) is 5.92 Å². The second-order valence-corrected chi connectivity index (χ2v) is 7.55. The van der Waals surface area contributed by atoms with Gasteiger partial charge in [-0.25, -0.2) is 9.37 Å². The van der Waals surface area contributed by atoms with Crippen LogP contribution in [0.2, 0.25) is 0 Å². The smallest absolute Gasteiger partial charge is 0.139 e. The van der Waals surface area contributed by atoms with Crippen molar-refractivity contribution in [1.29, 1.82) is 0 Å². The van der Waals surface area contributed by atoms with E-state index in [4.69, 9.17) is 11.6 Å². The van der Waals surface area contributed by atoms with Crippen molar-refractivity contribution in [3.8, 4) is 0 Å². The highest BCUT2D eigenvalue weighted by Crippen LogP contribution is 2.39. The number of imidazole rings is 1. The minimum atomic E-state index is -0.280. The number of hydrogen-bond acceptors (Lipinski definition) is 1. The van der Waals surface area contributed by atoms with Crippen LogP contribution in [0.3, 0.4) is 0 Å². The Morgan fingerprint density at radius 2 is 2.10 bits per heavy atom. The molecule has 1 aliphatic carbocycles. The molecule has 114 valence electrons. The standard InChI is InChI=1S/C16H19BrClFN2/c1-9-5-3-4-6-14(9)21-15-7-11(17)12(19)8-13(15)20-16(21)10(2)18/h7-10,14H,3-6H2,1-2H3. The van der Waals surface area contributed by atoms with Crippen molar-refractivity contribution in [1.82, 2.24) is 9.55 Å². The quantitative estimate of drug-likeness (QED) is 0.591. The van der Waals surface area contributed by atoms with Gasteiger partial charge in [-0.3, -0.25) is 0 Å². The maximum absolute atomic E-state index is 13.8. The summed E-state index contributed by atoms with van der Waals surface area (Å²) in [4.78, 5) is 4.59. The molecule has 2 aromatic rings. The number of alkyl halides is 1. The summed E-state index contributed by atoms with van der Waals surface area (Å²) in [5, 5.41) is -0.187. The summed E-state index contributed by atoms with van der Waals surface area (Å²) in [6.45, 7) is 4.22. The maximum atomic E-state index is 13.8. The first kappa shape index (κ1) is 15.3. The van der Waals surface area contributed by atoms with Crippen LogP contribution in [0.1, 0.15) is 56.8 Å². The number of halogens is 3. The molecule has 1 aromatic carbocycles. The first-order chi connectivity index (χ1) is 9.99. The highest BCUT2D eigenvalue weighted by molar-refractivity contribution is 9.10. The molecular weight excluding hydrogens is 355 g/mol. The molecule has 1 saturated carbocycles. The van der Waals surface area contributed by atoms with Crippen LogP contribution in [0, 0.1) is 11.7 Å². The van der Waals surface area contributed by atoms with E-state index in [1.54, 1.807) is 0 Å². The Morgan fingerprint density at radius 1 is 1.38 bits per heavy atom. The highest BCUT2D eigenvalue weighted by atomic mass is 79.9. The highest BCUT2D eigenvalue weighted by Gasteiger charge is 2.28. The SMILES string of the molecule is CC(Cl)c1nc2cc(F)c(Br)cc2n1C1CCCCC1C. The first-order valence-corrected chi connectivity index (χ1v) is 8.73. The van der Waals surface area contributed by atoms with Gasteiger partial charge >= 0.3 is 0 Å². The van der Waals surface area contributed by atoms with Crippen LogP contribution in [-0.2, 0) is 0 Å². The number of nitrogens with zero attached hydrogens (tertiary/aromatic N) is 2. The number of hydrogen-bond donors (Lipinski definition) is 0. The van der Waals surface area contributed by atoms with Crippen LogP contribution < -0.4 is 0 Å². The third-order valence-electron chi connectivity index (χ3n) is 4.51. The van der Waals surface area contributed by atoms with Crippen LogP contribution in [0.4, 0.5) is 4.39 Å². The molecule has 21 heavy (non-hydrogen) atoms. The summed E-state index contributed by atoms with van der Waals surface area (Å²) in [6.07, 6.45) is 4.88. The predicted octanol–water partition coefficient (Wildman–Crippen LogP) is 5.99. The fraction of sp³-hybridized carbons (Fsp3) is 0.562. The van der Waals surface area contributed by atoms with Crippen molar-refractivity contribution in [2.45, 2.75) is 50.9 Å². The van der Waals surface area contributed by atoms with E-state index in [1.807, 2.05) is 13.0 Å². The summed E-state index contributed by atoms with van der Waals surface area (Å²) < 4.78 is 16.5. The average Bonchev–Trinajstić information content (AvgIpc) is 2.78. The molecule has 3 rings (SSSR count). The Hall–Kier alpha value is -0.610. The van der Waals surface area contributed by atoms with E-state index in [9.17, 15) is 4.39 Å². The normalized spacial score (nSPS) is 24.4. The van der Waals surface area contributed by atoms with Crippen molar-refractivity contribution < 1.29 is 4.39 Å². The Labute approximate surface area is 137 Å². The van der Waals surface area contributed by atoms with E-state index in [0.29, 0.717) is 21.9 Å². The summed E-state index contributed by atoms with van der Waals surface area (Å²) in [7, 11) is 0. The van der Waals surface area contributed by atoms with Crippen LogP contribution in [0.5, 0.6) is 0 Å². The summed E-state index contributed by atoms with van der Waals surface area (Å²) in [5.74, 6) is 1.16. The maximum Gasteiger partial charge on any atom is 0.139 e. The van der Waals surface area contributed by atoms with Crippen molar-refractivity contribution in [3.05, 3.63) is 28.2 Å². The second-order valence-electron chi connectivity index (χ2n) is 6.04. The van der Waals surface area contributed by atoms with E-state index < -0.39 is 0 Å². The van der Waals surface area contributed by atoms with Gasteiger partial charge in [0.2, 0.25) is 0 Å². The predicted molar refractivity (Wildman–Crippen MR) is 88.3 cm³/mol. The van der Waals surface area contributed by atoms with E-state index in [-0.39, 0.29) is 11.2 Å². The Bertz CT molecular complexity index is 668. The van der Waals surface area contributed by atoms with Gasteiger partial charge in [0.15, 0.2) is 0 Å². The summed E-state index contributed by atoms with van der Waals surface area (Å²) >= 11 is 9.62. The molecular formula is C16H19BrClFN2. The van der Waals surface area contributed by atoms with Crippen LogP contribution >= 0.6 is 27.5 Å². The van der Waals surface area contributed by atoms with Gasteiger partial charge < -0.3 is 4.57 Å². The van der Waals surface area contributed by atoms with Crippen molar-refractivity contribution >= 4 is 38.6 Å². The Kier molecular flexibility index (Phi) is 4.28. The zero-order valence-corrected chi connectivity index (χ0v) is 14.6. The van der Waals surface area contributed by atoms with Crippen LogP contribution in [-0.4, -0.2) is 9.55 Å². The molecule has 0 aliphatic heterocycles. The third-order valence-corrected chi connectivity index (χ3v) is 5.32. The van der Waals surface area contributed by atoms with E-state index in [1.165, 1.54) is 25.3 Å². The second kappa shape index (κ2) is 5.88. The summed E-state index contributed by atoms with van der Waals surface area (Å²) in [6, 6.07) is 3.73. The minimum absolute atomic E-state index is 0.187. The van der Waals surface area contributed by atoms with E-state index in [0.717, 1.165) is 17.8 Å². The molecule has 1 aromatic heterocycles. The number of fused-ring (bicyclic) bond motifs is 1. The third kappa shape index (κ3) is 2.72. The number of aromatic nitrogens is 2. The fourth-order valence-electron chi connectivity index (χ4n) is 3.42. The van der Waals surface area contributed by atoms with Gasteiger partial charge in [-0.15, -0.1) is 11.6 Å². The summed E-state index contributed by atoms with van der Waals surface area (Å²) in [5.41, 5.74) is 1.67. The minimum Gasteiger partial charge on any atom is -0.323 e. The van der Waals surface area contributed by atoms with Gasteiger partial charge in [0, 0.05) is 12.1 Å². The van der Waals surface area contributed by atoms with Crippen LogP contribution in [0.15, 0.2) is 16.6 Å². The van der Waals surface area contributed by atoms with Crippen LogP contribution in [0.25, 0.3) is 11.0 Å². The van der Waals surface area contributed by atoms with E-state index >= 15 is 0 Å². The molecule has 0 saturated heterocycles. The topological polar surface area (TPSA) is 17.8 Å². The molecule has 0 N–H and O–H groups in total. The molecule has 3 unspecified atom stereocenters. The monoisotopic (exact) mass is 372 g/mol. The molecule has 0 amide bonds. The van der Waals surface area contributed by atoms with Gasteiger partial charge in [0.05, 0.1) is 20.9 Å². The molecule has 0 spiro atoms. The lowest BCUT2D eigenvalue weighted by Gasteiger charge is -2.32. The molecule has 0 bridgehead atoms. The fourth-order valence-corrected chi connectivity index (χ4v) is 3.90. The Morgan fingerprint density at radius 3 is 2.76 bits per heavy atom. The largest absolute Gasteiger partial charge is 0.323 e. The Balaban J connectivity index is 2.22. The molecule has 3 atom stereocenters. The zero-order valence-electron chi connectivity index (χ0n) is 12.2. The molecule has 0 radical (unpaired) electrons. The zero-order chi connectivity index (χ0) is 15.1. The number of benzene rings is 1. The molecule has 5 heteroatoms. The van der Waals surface area contributed by atoms with Gasteiger partial charge in [-0.1, -0.05) is 19.8 Å². The molecule has 1 aliphatic rings. The lowest BCUT2D eigenvalue weighted by Crippen LogP contribution is -2.23. The molecule has 1 heterocycles.